The van der Waals surface area contributed by atoms with E-state index in [0.717, 1.165) is 38.3 Å². The number of benzene rings is 2. The number of aryl methyl sites for hydroxylation is 1. The van der Waals surface area contributed by atoms with E-state index in [1.54, 1.807) is 0 Å². The molecule has 0 saturated carbocycles. The number of para-hydroxylation sites is 1. The van der Waals surface area contributed by atoms with Gasteiger partial charge in [-0.25, -0.2) is 0 Å². The molecule has 0 atom stereocenters. The van der Waals surface area contributed by atoms with Crippen LogP contribution in [0.25, 0.3) is 0 Å². The van der Waals surface area contributed by atoms with Gasteiger partial charge in [-0.05, 0) is 36.2 Å². The SMILES string of the molecule is CCc1ccc(NC(N)=NCCC(=O)N2CCN(c3ccccc3)CC2)cc1. The minimum atomic E-state index is 0.136. The molecule has 0 spiro atoms. The summed E-state index contributed by atoms with van der Waals surface area (Å²) < 4.78 is 0. The topological polar surface area (TPSA) is 74.0 Å². The highest BCUT2D eigenvalue weighted by Gasteiger charge is 2.20. The zero-order valence-electron chi connectivity index (χ0n) is 16.5. The fraction of sp³-hybridized carbons (Fsp3) is 0.364. The molecule has 28 heavy (non-hydrogen) atoms. The van der Waals surface area contributed by atoms with Gasteiger partial charge in [-0.1, -0.05) is 37.3 Å². The molecular formula is C22H29N5O. The van der Waals surface area contributed by atoms with E-state index in [-0.39, 0.29) is 5.91 Å². The highest BCUT2D eigenvalue weighted by molar-refractivity contribution is 5.92. The number of hydrogen-bond acceptors (Lipinski definition) is 3. The minimum Gasteiger partial charge on any atom is -0.370 e. The maximum absolute atomic E-state index is 12.4. The van der Waals surface area contributed by atoms with Crippen LogP contribution in [0.15, 0.2) is 59.6 Å². The minimum absolute atomic E-state index is 0.136. The van der Waals surface area contributed by atoms with Crippen molar-refractivity contribution in [2.75, 3.05) is 42.9 Å². The molecule has 1 amide bonds. The fourth-order valence-corrected chi connectivity index (χ4v) is 3.29. The first-order valence-electron chi connectivity index (χ1n) is 9.89. The van der Waals surface area contributed by atoms with Crippen LogP contribution < -0.4 is 16.0 Å². The molecule has 1 fully saturated rings. The Kier molecular flexibility index (Phi) is 6.89. The first-order chi connectivity index (χ1) is 13.7. The summed E-state index contributed by atoms with van der Waals surface area (Å²) in [6, 6.07) is 18.4. The van der Waals surface area contributed by atoms with Gasteiger partial charge in [0, 0.05) is 44.0 Å². The summed E-state index contributed by atoms with van der Waals surface area (Å²) in [7, 11) is 0. The molecule has 0 aromatic heterocycles. The van der Waals surface area contributed by atoms with Crippen molar-refractivity contribution in [3.05, 3.63) is 60.2 Å². The average Bonchev–Trinajstić information content (AvgIpc) is 2.75. The van der Waals surface area contributed by atoms with E-state index in [1.807, 2.05) is 35.2 Å². The van der Waals surface area contributed by atoms with Crippen LogP contribution in [0.5, 0.6) is 0 Å². The predicted octanol–water partition coefficient (Wildman–Crippen LogP) is 2.71. The molecule has 1 heterocycles. The quantitative estimate of drug-likeness (QED) is 0.598. The average molecular weight is 380 g/mol. The zero-order valence-corrected chi connectivity index (χ0v) is 16.5. The fourth-order valence-electron chi connectivity index (χ4n) is 3.29. The van der Waals surface area contributed by atoms with Crippen LogP contribution in [0.2, 0.25) is 0 Å². The van der Waals surface area contributed by atoms with E-state index in [9.17, 15) is 4.79 Å². The first-order valence-corrected chi connectivity index (χ1v) is 9.89. The Labute approximate surface area is 167 Å². The molecule has 3 N–H and O–H groups in total. The lowest BCUT2D eigenvalue weighted by Gasteiger charge is -2.36. The van der Waals surface area contributed by atoms with E-state index in [0.29, 0.717) is 18.9 Å². The van der Waals surface area contributed by atoms with Crippen molar-refractivity contribution in [2.24, 2.45) is 10.7 Å². The Morgan fingerprint density at radius 1 is 1.04 bits per heavy atom. The third-order valence-corrected chi connectivity index (χ3v) is 5.00. The first kappa shape index (κ1) is 19.7. The van der Waals surface area contributed by atoms with Crippen molar-refractivity contribution in [1.82, 2.24) is 4.90 Å². The number of rotatable bonds is 6. The van der Waals surface area contributed by atoms with Gasteiger partial charge in [0.2, 0.25) is 5.91 Å². The van der Waals surface area contributed by atoms with Gasteiger partial charge in [-0.15, -0.1) is 0 Å². The molecule has 0 radical (unpaired) electrons. The molecule has 1 aliphatic rings. The molecule has 2 aromatic rings. The van der Waals surface area contributed by atoms with Gasteiger partial charge in [0.25, 0.3) is 0 Å². The normalized spacial score (nSPS) is 14.8. The van der Waals surface area contributed by atoms with Gasteiger partial charge in [0.15, 0.2) is 5.96 Å². The lowest BCUT2D eigenvalue weighted by molar-refractivity contribution is -0.131. The Bertz CT molecular complexity index is 780. The van der Waals surface area contributed by atoms with Gasteiger partial charge in [0.05, 0.1) is 6.54 Å². The van der Waals surface area contributed by atoms with Crippen LogP contribution in [0.3, 0.4) is 0 Å². The maximum Gasteiger partial charge on any atom is 0.224 e. The molecule has 6 nitrogen and oxygen atoms in total. The third-order valence-electron chi connectivity index (χ3n) is 5.00. The summed E-state index contributed by atoms with van der Waals surface area (Å²) in [6.07, 6.45) is 1.38. The van der Waals surface area contributed by atoms with Gasteiger partial charge in [-0.3, -0.25) is 9.79 Å². The number of carbonyl (C=O) groups is 1. The number of hydrogen-bond donors (Lipinski definition) is 2. The van der Waals surface area contributed by atoms with Gasteiger partial charge < -0.3 is 20.9 Å². The molecule has 6 heteroatoms. The number of aliphatic imine (C=N–C) groups is 1. The van der Waals surface area contributed by atoms with Gasteiger partial charge in [-0.2, -0.15) is 0 Å². The van der Waals surface area contributed by atoms with Crippen molar-refractivity contribution in [3.63, 3.8) is 0 Å². The van der Waals surface area contributed by atoms with E-state index >= 15 is 0 Å². The smallest absolute Gasteiger partial charge is 0.224 e. The number of piperazine rings is 1. The van der Waals surface area contributed by atoms with E-state index in [4.69, 9.17) is 5.73 Å². The highest BCUT2D eigenvalue weighted by Crippen LogP contribution is 2.16. The molecule has 148 valence electrons. The van der Waals surface area contributed by atoms with Crippen molar-refractivity contribution in [3.8, 4) is 0 Å². The molecule has 0 unspecified atom stereocenters. The number of guanidine groups is 1. The standard InChI is InChI=1S/C22H29N5O/c1-2-18-8-10-19(11-9-18)25-22(23)24-13-12-21(28)27-16-14-26(15-17-27)20-6-4-3-5-7-20/h3-11H,2,12-17H2,1H3,(H3,23,24,25). The summed E-state index contributed by atoms with van der Waals surface area (Å²) in [5.41, 5.74) is 9.33. The van der Waals surface area contributed by atoms with Crippen LogP contribution >= 0.6 is 0 Å². The number of amides is 1. The number of carbonyl (C=O) groups excluding carboxylic acids is 1. The van der Waals surface area contributed by atoms with Crippen molar-refractivity contribution in [2.45, 2.75) is 19.8 Å². The summed E-state index contributed by atoms with van der Waals surface area (Å²) in [6.45, 7) is 5.72. The third kappa shape index (κ3) is 5.49. The predicted molar refractivity (Wildman–Crippen MR) is 116 cm³/mol. The summed E-state index contributed by atoms with van der Waals surface area (Å²) >= 11 is 0. The molecule has 0 bridgehead atoms. The molecular weight excluding hydrogens is 350 g/mol. The van der Waals surface area contributed by atoms with Gasteiger partial charge >= 0.3 is 0 Å². The van der Waals surface area contributed by atoms with Crippen LogP contribution in [0.1, 0.15) is 18.9 Å². The number of nitrogens with two attached hydrogens (primary N) is 1. The lowest BCUT2D eigenvalue weighted by atomic mass is 10.1. The highest BCUT2D eigenvalue weighted by atomic mass is 16.2. The molecule has 1 saturated heterocycles. The molecule has 3 rings (SSSR count). The monoisotopic (exact) mass is 379 g/mol. The van der Waals surface area contributed by atoms with Crippen molar-refractivity contribution < 1.29 is 4.79 Å². The largest absolute Gasteiger partial charge is 0.370 e. The summed E-state index contributed by atoms with van der Waals surface area (Å²) in [4.78, 5) is 20.9. The van der Waals surface area contributed by atoms with Crippen molar-refractivity contribution in [1.29, 1.82) is 0 Å². The summed E-state index contributed by atoms with van der Waals surface area (Å²) in [5.74, 6) is 0.475. The van der Waals surface area contributed by atoms with E-state index in [2.05, 4.69) is 46.4 Å². The van der Waals surface area contributed by atoms with E-state index < -0.39 is 0 Å². The second kappa shape index (κ2) is 9.78. The van der Waals surface area contributed by atoms with Crippen LogP contribution in [-0.2, 0) is 11.2 Å². The van der Waals surface area contributed by atoms with Crippen molar-refractivity contribution >= 4 is 23.2 Å². The second-order valence-corrected chi connectivity index (χ2v) is 6.90. The Morgan fingerprint density at radius 2 is 1.71 bits per heavy atom. The summed E-state index contributed by atoms with van der Waals surface area (Å²) in [5, 5.41) is 3.07. The maximum atomic E-state index is 12.4. The second-order valence-electron chi connectivity index (χ2n) is 6.90. The number of anilines is 2. The van der Waals surface area contributed by atoms with Crippen LogP contribution in [0.4, 0.5) is 11.4 Å². The van der Waals surface area contributed by atoms with Crippen LogP contribution in [0, 0.1) is 0 Å². The Morgan fingerprint density at radius 3 is 2.36 bits per heavy atom. The Hall–Kier alpha value is -3.02. The van der Waals surface area contributed by atoms with Gasteiger partial charge in [0.1, 0.15) is 0 Å². The number of nitrogens with one attached hydrogen (secondary N) is 1. The molecule has 2 aromatic carbocycles. The molecule has 0 aliphatic carbocycles. The Balaban J connectivity index is 1.40. The van der Waals surface area contributed by atoms with Crippen LogP contribution in [-0.4, -0.2) is 49.5 Å². The lowest BCUT2D eigenvalue weighted by Crippen LogP contribution is -2.48. The van der Waals surface area contributed by atoms with E-state index in [1.165, 1.54) is 11.3 Å². The molecule has 1 aliphatic heterocycles. The number of nitrogens with zero attached hydrogens (tertiary/aromatic N) is 3. The zero-order chi connectivity index (χ0) is 19.8.